The molecular formula is C32H20Cl2N10Na4O12S4. The summed E-state index contributed by atoms with van der Waals surface area (Å²) in [6.45, 7) is 0. The van der Waals surface area contributed by atoms with E-state index in [2.05, 4.69) is 69.9 Å². The monoisotopic (exact) mass is 1030 g/mol. The van der Waals surface area contributed by atoms with E-state index in [0.717, 1.165) is 18.2 Å². The second-order valence-corrected chi connectivity index (χ2v) is 16.2. The van der Waals surface area contributed by atoms with Crippen molar-refractivity contribution < 1.29 is 173 Å². The van der Waals surface area contributed by atoms with Crippen molar-refractivity contribution in [2.75, 3.05) is 21.3 Å². The predicted molar refractivity (Wildman–Crippen MR) is 209 cm³/mol. The predicted octanol–water partition coefficient (Wildman–Crippen LogP) is -7.21. The van der Waals surface area contributed by atoms with Crippen molar-refractivity contribution >= 4 is 126 Å². The Labute approximate surface area is 470 Å². The van der Waals surface area contributed by atoms with Gasteiger partial charge in [0.25, 0.3) is 0 Å². The van der Waals surface area contributed by atoms with Gasteiger partial charge in [0, 0.05) is 32.5 Å². The van der Waals surface area contributed by atoms with Crippen molar-refractivity contribution in [3.63, 3.8) is 0 Å². The number of benzene rings is 4. The van der Waals surface area contributed by atoms with E-state index in [0.29, 0.717) is 51.6 Å². The Balaban J connectivity index is 0.00000352. The first-order chi connectivity index (χ1) is 28.6. The summed E-state index contributed by atoms with van der Waals surface area (Å²) in [5, 5.41) is 38.6. The molecule has 4 N–H and O–H groups in total. The molecule has 4 aromatic carbocycles. The summed E-state index contributed by atoms with van der Waals surface area (Å²) in [4.78, 5) is 24.3. The minimum Gasteiger partial charge on any atom is -0.744 e. The summed E-state index contributed by atoms with van der Waals surface area (Å²) in [6, 6.07) is 19.8. The maximum atomic E-state index is 12.4. The third-order valence-electron chi connectivity index (χ3n) is 7.29. The summed E-state index contributed by atoms with van der Waals surface area (Å²) >= 11 is 13.4. The minimum atomic E-state index is -5.06. The second kappa shape index (κ2) is 27.6. The molecule has 0 saturated heterocycles. The van der Waals surface area contributed by atoms with E-state index >= 15 is 0 Å². The number of aromatic nitrogens is 6. The topological polar surface area (TPSA) is 323 Å². The number of anilines is 8. The van der Waals surface area contributed by atoms with E-state index in [-0.39, 0.29) is 169 Å². The van der Waals surface area contributed by atoms with Crippen LogP contribution in [-0.4, -0.2) is 55.8 Å². The van der Waals surface area contributed by atoms with Gasteiger partial charge in [0.05, 0.1) is 33.9 Å². The molecule has 0 radical (unpaired) electrons. The first kappa shape index (κ1) is 58.8. The van der Waals surface area contributed by atoms with Crippen molar-refractivity contribution in [1.29, 1.82) is 0 Å². The zero-order chi connectivity index (χ0) is 42.9. The molecule has 0 atom stereocenters. The largest absolute Gasteiger partial charge is 1.00 e. The molecule has 2 heterocycles. The van der Waals surface area contributed by atoms with E-state index < -0.39 is 30.0 Å². The number of nitrogens with one attached hydrogen (secondary N) is 4. The Morgan fingerprint density at radius 2 is 0.922 bits per heavy atom. The molecule has 0 aliphatic carbocycles. The van der Waals surface area contributed by atoms with Crippen LogP contribution < -0.4 is 150 Å². The van der Waals surface area contributed by atoms with Gasteiger partial charge in [-0.3, -0.25) is 10.1 Å². The first-order valence-corrected chi connectivity index (χ1v) is 21.0. The molecule has 0 amide bonds. The molecule has 0 fully saturated rings. The molecule has 2 aromatic heterocycles. The van der Waals surface area contributed by atoms with Crippen LogP contribution in [0.1, 0.15) is 11.1 Å². The zero-order valence-corrected chi connectivity index (χ0v) is 46.0. The molecule has 6 rings (SSSR count). The van der Waals surface area contributed by atoms with Gasteiger partial charge in [-0.05, 0) is 107 Å². The third-order valence-corrected chi connectivity index (χ3v) is 10.6. The fourth-order valence-electron chi connectivity index (χ4n) is 4.81. The van der Waals surface area contributed by atoms with Crippen LogP contribution in [0, 0.1) is 0 Å². The summed E-state index contributed by atoms with van der Waals surface area (Å²) in [6.07, 6.45) is 2.79. The smallest absolute Gasteiger partial charge is 0.744 e. The van der Waals surface area contributed by atoms with Gasteiger partial charge in [-0.25, -0.2) is 16.8 Å². The van der Waals surface area contributed by atoms with Crippen LogP contribution in [0.2, 0.25) is 10.6 Å². The fourth-order valence-corrected chi connectivity index (χ4v) is 7.16. The maximum Gasteiger partial charge on any atom is 1.00 e. The van der Waals surface area contributed by atoms with Crippen molar-refractivity contribution in [3.05, 3.63) is 107 Å². The van der Waals surface area contributed by atoms with Gasteiger partial charge >= 0.3 is 118 Å². The molecule has 6 aromatic rings. The molecule has 64 heavy (non-hydrogen) atoms. The molecule has 32 heteroatoms. The Bertz CT molecular complexity index is 2770. The maximum absolute atomic E-state index is 12.4. The summed E-state index contributed by atoms with van der Waals surface area (Å²) < 4.78 is 79.8. The first-order valence-electron chi connectivity index (χ1n) is 15.9. The van der Waals surface area contributed by atoms with Crippen molar-refractivity contribution in [2.45, 2.75) is 19.6 Å². The van der Waals surface area contributed by atoms with E-state index in [1.54, 1.807) is 36.4 Å². The SMILES string of the molecule is O=S(=O)([O-])c1ccc(Nc2nc(Cl)nc(Nc3ccc(C=Cc4ccc(Nc5nc(Cl)nc(Nc6ccc(SOO[O-])cc6)n5)cc4S(=O)(=O)[O-])c(SOO[O-])c3)n2)cc1.[Na+].[Na+].[Na+].[Na+]. The Kier molecular flexibility index (Phi) is 25.4. The number of hydrogen-bond donors (Lipinski definition) is 4. The number of halogens is 2. The van der Waals surface area contributed by atoms with Gasteiger partial charge in [-0.15, -0.1) is 0 Å². The van der Waals surface area contributed by atoms with Crippen LogP contribution in [0.3, 0.4) is 0 Å². The molecule has 0 aliphatic rings. The van der Waals surface area contributed by atoms with E-state index in [1.165, 1.54) is 42.5 Å². The molecule has 0 spiro atoms. The molecule has 0 saturated carbocycles. The van der Waals surface area contributed by atoms with Crippen LogP contribution in [0.4, 0.5) is 46.5 Å². The summed E-state index contributed by atoms with van der Waals surface area (Å²) in [5.41, 5.74) is 1.66. The minimum absolute atomic E-state index is 0. The third kappa shape index (κ3) is 18.0. The quantitative estimate of drug-likeness (QED) is 0.0155. The second-order valence-electron chi connectivity index (χ2n) is 11.2. The van der Waals surface area contributed by atoms with Gasteiger partial charge in [0.2, 0.25) is 34.4 Å². The van der Waals surface area contributed by atoms with Gasteiger partial charge in [0.1, 0.15) is 20.2 Å². The number of rotatable bonds is 18. The van der Waals surface area contributed by atoms with Crippen LogP contribution in [0.15, 0.2) is 105 Å². The molecule has 0 aliphatic heterocycles. The molecule has 22 nitrogen and oxygen atoms in total. The summed E-state index contributed by atoms with van der Waals surface area (Å²) in [7, 11) is -9.71. The van der Waals surface area contributed by atoms with Crippen molar-refractivity contribution in [2.24, 2.45) is 0 Å². The van der Waals surface area contributed by atoms with Crippen LogP contribution >= 0.6 is 47.3 Å². The van der Waals surface area contributed by atoms with E-state index in [1.807, 2.05) is 0 Å². The van der Waals surface area contributed by atoms with Gasteiger partial charge in [0.15, 0.2) is 0 Å². The Morgan fingerprint density at radius 1 is 0.516 bits per heavy atom. The van der Waals surface area contributed by atoms with E-state index in [9.17, 15) is 36.5 Å². The Morgan fingerprint density at radius 3 is 1.39 bits per heavy atom. The van der Waals surface area contributed by atoms with Crippen LogP contribution in [-0.2, 0) is 39.0 Å². The number of hydrogen-bond acceptors (Lipinski definition) is 24. The van der Waals surface area contributed by atoms with Crippen LogP contribution in [0.25, 0.3) is 12.2 Å². The van der Waals surface area contributed by atoms with Crippen molar-refractivity contribution in [1.82, 2.24) is 29.9 Å². The van der Waals surface area contributed by atoms with Crippen LogP contribution in [0.5, 0.6) is 0 Å². The molecule has 0 bridgehead atoms. The number of nitrogens with zero attached hydrogens (tertiary/aromatic N) is 6. The standard InChI is InChI=1S/C32H24Cl2N10O12S4.4Na/c33-27-40-30(36-20-9-13-24(14-10-20)59(47,48)49)43-31(41-27)37-21-5-3-17(25(15-21)58-56-54-46)1-2-18-4-6-22(16-26(18)60(50,51)52)38-32-42-28(34)39-29(44-32)35-19-7-11-23(12-8-19)57-55-53-45;;;;/h1-16,45-46H,(H,47,48,49)(H,50,51,52)(H2,35,38,39,42,44)(H2,36,37,40,41,43);;;;/q;4*+1/p-4. The Hall–Kier alpha value is -1.30. The van der Waals surface area contributed by atoms with Crippen molar-refractivity contribution in [3.8, 4) is 0 Å². The average Bonchev–Trinajstić information content (AvgIpc) is 3.19. The zero-order valence-electron chi connectivity index (χ0n) is 33.2. The average molecular weight is 1030 g/mol. The molecule has 312 valence electrons. The fraction of sp³-hybridized carbons (Fsp3) is 0. The normalized spacial score (nSPS) is 11.0. The van der Waals surface area contributed by atoms with Gasteiger partial charge in [-0.1, -0.05) is 24.3 Å². The molecule has 0 unspecified atom stereocenters. The van der Waals surface area contributed by atoms with Gasteiger partial charge in [-0.2, -0.15) is 38.6 Å². The molecular weight excluding hydrogens is 1010 g/mol. The van der Waals surface area contributed by atoms with E-state index in [4.69, 9.17) is 23.2 Å². The van der Waals surface area contributed by atoms with Gasteiger partial charge < -0.3 is 40.9 Å². The summed E-state index contributed by atoms with van der Waals surface area (Å²) in [5.74, 6) is -0.184.